The number of aryl methyl sites for hydroxylation is 1. The zero-order chi connectivity index (χ0) is 13.1. The Morgan fingerprint density at radius 2 is 1.78 bits per heavy atom. The fourth-order valence-corrected chi connectivity index (χ4v) is 2.23. The van der Waals surface area contributed by atoms with E-state index in [-0.39, 0.29) is 5.91 Å². The number of carbonyl (C=O) groups excluding carboxylic acids is 1. The van der Waals surface area contributed by atoms with Crippen molar-refractivity contribution in [2.24, 2.45) is 5.92 Å². The van der Waals surface area contributed by atoms with E-state index in [4.69, 9.17) is 0 Å². The van der Waals surface area contributed by atoms with Crippen LogP contribution in [-0.4, -0.2) is 30.3 Å². The first-order chi connectivity index (χ1) is 8.58. The number of carbonyl (C=O) groups is 1. The summed E-state index contributed by atoms with van der Waals surface area (Å²) in [6.45, 7) is 2.83. The number of rotatable bonds is 2. The first kappa shape index (κ1) is 13.0. The van der Waals surface area contributed by atoms with Gasteiger partial charge in [-0.05, 0) is 31.9 Å². The van der Waals surface area contributed by atoms with Gasteiger partial charge in [0.25, 0.3) is 5.91 Å². The fraction of sp³-hybridized carbons (Fsp3) is 0.500. The Balaban J connectivity index is 1.97. The average Bonchev–Trinajstić information content (AvgIpc) is 2.39. The van der Waals surface area contributed by atoms with Crippen LogP contribution in [0.5, 0.6) is 0 Å². The number of likely N-dealkylation sites (tertiary alicyclic amines) is 1. The Morgan fingerprint density at radius 3 is 2.28 bits per heavy atom. The Hall–Kier alpha value is -1.45. The van der Waals surface area contributed by atoms with Gasteiger partial charge in [0.15, 0.2) is 0 Å². The standard InChI is InChI=1S/C14H17F2NO/c1-10-2-4-12(5-3-10)14(18)17-8-6-11(7-9-17)13(15)16/h2-5,11,13H,6-9H2,1H3. The van der Waals surface area contributed by atoms with E-state index >= 15 is 0 Å². The smallest absolute Gasteiger partial charge is 0.253 e. The molecule has 0 radical (unpaired) electrons. The van der Waals surface area contributed by atoms with Crippen molar-refractivity contribution in [2.45, 2.75) is 26.2 Å². The van der Waals surface area contributed by atoms with E-state index in [0.717, 1.165) is 5.56 Å². The minimum atomic E-state index is -2.26. The predicted molar refractivity (Wildman–Crippen MR) is 65.8 cm³/mol. The van der Waals surface area contributed by atoms with Crippen LogP contribution in [0.1, 0.15) is 28.8 Å². The van der Waals surface area contributed by atoms with Crippen LogP contribution in [0.3, 0.4) is 0 Å². The van der Waals surface area contributed by atoms with Crippen molar-refractivity contribution in [3.63, 3.8) is 0 Å². The van der Waals surface area contributed by atoms with Crippen molar-refractivity contribution < 1.29 is 13.6 Å². The average molecular weight is 253 g/mol. The third-order valence-electron chi connectivity index (χ3n) is 3.48. The minimum absolute atomic E-state index is 0.0530. The van der Waals surface area contributed by atoms with Gasteiger partial charge >= 0.3 is 0 Å². The SMILES string of the molecule is Cc1ccc(C(=O)N2CCC(C(F)F)CC2)cc1. The lowest BCUT2D eigenvalue weighted by atomic mass is 9.97. The van der Waals surface area contributed by atoms with E-state index in [9.17, 15) is 13.6 Å². The first-order valence-electron chi connectivity index (χ1n) is 6.22. The predicted octanol–water partition coefficient (Wildman–Crippen LogP) is 3.11. The molecule has 0 saturated carbocycles. The van der Waals surface area contributed by atoms with E-state index in [1.807, 2.05) is 19.1 Å². The second-order valence-electron chi connectivity index (χ2n) is 4.83. The van der Waals surface area contributed by atoms with Crippen molar-refractivity contribution >= 4 is 5.91 Å². The molecule has 0 N–H and O–H groups in total. The van der Waals surface area contributed by atoms with Gasteiger partial charge in [-0.2, -0.15) is 0 Å². The van der Waals surface area contributed by atoms with Gasteiger partial charge in [-0.1, -0.05) is 17.7 Å². The summed E-state index contributed by atoms with van der Waals surface area (Å²) in [6.07, 6.45) is -1.47. The molecule has 0 bridgehead atoms. The maximum Gasteiger partial charge on any atom is 0.253 e. The van der Waals surface area contributed by atoms with Crippen LogP contribution in [0.15, 0.2) is 24.3 Å². The van der Waals surface area contributed by atoms with Gasteiger partial charge in [-0.15, -0.1) is 0 Å². The highest BCUT2D eigenvalue weighted by molar-refractivity contribution is 5.94. The number of alkyl halides is 2. The number of hydrogen-bond acceptors (Lipinski definition) is 1. The van der Waals surface area contributed by atoms with E-state index in [0.29, 0.717) is 31.5 Å². The highest BCUT2D eigenvalue weighted by Gasteiger charge is 2.28. The van der Waals surface area contributed by atoms with Crippen LogP contribution in [0.2, 0.25) is 0 Å². The van der Waals surface area contributed by atoms with Gasteiger partial charge in [0.2, 0.25) is 6.43 Å². The molecule has 4 heteroatoms. The number of benzene rings is 1. The third-order valence-corrected chi connectivity index (χ3v) is 3.48. The van der Waals surface area contributed by atoms with E-state index < -0.39 is 12.3 Å². The Kier molecular flexibility index (Phi) is 3.94. The second kappa shape index (κ2) is 5.46. The van der Waals surface area contributed by atoms with E-state index in [1.165, 1.54) is 0 Å². The fourth-order valence-electron chi connectivity index (χ4n) is 2.23. The summed E-state index contributed by atoms with van der Waals surface area (Å²) < 4.78 is 25.0. The van der Waals surface area contributed by atoms with Crippen molar-refractivity contribution in [1.29, 1.82) is 0 Å². The molecule has 1 aromatic rings. The highest BCUT2D eigenvalue weighted by Crippen LogP contribution is 2.24. The van der Waals surface area contributed by atoms with Crippen LogP contribution in [0, 0.1) is 12.8 Å². The maximum atomic E-state index is 12.5. The number of nitrogens with zero attached hydrogens (tertiary/aromatic N) is 1. The zero-order valence-electron chi connectivity index (χ0n) is 10.4. The Morgan fingerprint density at radius 1 is 1.22 bits per heavy atom. The lowest BCUT2D eigenvalue weighted by molar-refractivity contribution is 0.0311. The number of halogens is 2. The van der Waals surface area contributed by atoms with Crippen LogP contribution in [0.4, 0.5) is 8.78 Å². The van der Waals surface area contributed by atoms with Crippen molar-refractivity contribution in [3.8, 4) is 0 Å². The largest absolute Gasteiger partial charge is 0.339 e. The van der Waals surface area contributed by atoms with Crippen molar-refractivity contribution in [3.05, 3.63) is 35.4 Å². The molecule has 0 unspecified atom stereocenters. The molecule has 1 fully saturated rings. The Bertz CT molecular complexity index is 408. The maximum absolute atomic E-state index is 12.5. The normalized spacial score (nSPS) is 17.2. The zero-order valence-corrected chi connectivity index (χ0v) is 10.4. The molecule has 2 nitrogen and oxygen atoms in total. The molecule has 98 valence electrons. The lowest BCUT2D eigenvalue weighted by Crippen LogP contribution is -2.39. The molecule has 1 saturated heterocycles. The van der Waals surface area contributed by atoms with Gasteiger partial charge in [0.05, 0.1) is 0 Å². The molecule has 1 aliphatic heterocycles. The molecule has 0 aromatic heterocycles. The van der Waals surface area contributed by atoms with Gasteiger partial charge in [-0.3, -0.25) is 4.79 Å². The van der Waals surface area contributed by atoms with Gasteiger partial charge < -0.3 is 4.90 Å². The molecule has 0 atom stereocenters. The number of hydrogen-bond donors (Lipinski definition) is 0. The molecule has 1 heterocycles. The van der Waals surface area contributed by atoms with Gasteiger partial charge in [0.1, 0.15) is 0 Å². The van der Waals surface area contributed by atoms with E-state index in [2.05, 4.69) is 0 Å². The van der Waals surface area contributed by atoms with Crippen molar-refractivity contribution in [1.82, 2.24) is 4.90 Å². The molecule has 0 spiro atoms. The first-order valence-corrected chi connectivity index (χ1v) is 6.22. The topological polar surface area (TPSA) is 20.3 Å². The molecular formula is C14H17F2NO. The summed E-state index contributed by atoms with van der Waals surface area (Å²) in [6, 6.07) is 7.35. The number of amides is 1. The molecule has 1 aliphatic rings. The molecule has 0 aliphatic carbocycles. The highest BCUT2D eigenvalue weighted by atomic mass is 19.3. The minimum Gasteiger partial charge on any atom is -0.339 e. The van der Waals surface area contributed by atoms with Gasteiger partial charge in [-0.25, -0.2) is 8.78 Å². The van der Waals surface area contributed by atoms with Crippen molar-refractivity contribution in [2.75, 3.05) is 13.1 Å². The summed E-state index contributed by atoms with van der Waals surface area (Å²) >= 11 is 0. The van der Waals surface area contributed by atoms with E-state index in [1.54, 1.807) is 17.0 Å². The molecule has 1 amide bonds. The second-order valence-corrected chi connectivity index (χ2v) is 4.83. The molecule has 2 rings (SSSR count). The van der Waals surface area contributed by atoms with Crippen LogP contribution >= 0.6 is 0 Å². The quantitative estimate of drug-likeness (QED) is 0.793. The van der Waals surface area contributed by atoms with Crippen LogP contribution in [0.25, 0.3) is 0 Å². The summed E-state index contributed by atoms with van der Waals surface area (Å²) in [5, 5.41) is 0. The summed E-state index contributed by atoms with van der Waals surface area (Å²) in [5.74, 6) is -0.602. The Labute approximate surface area is 106 Å². The molecule has 18 heavy (non-hydrogen) atoms. The van der Waals surface area contributed by atoms with Crippen LogP contribution in [-0.2, 0) is 0 Å². The summed E-state index contributed by atoms with van der Waals surface area (Å²) in [4.78, 5) is 13.8. The molecular weight excluding hydrogens is 236 g/mol. The third kappa shape index (κ3) is 2.86. The number of piperidine rings is 1. The van der Waals surface area contributed by atoms with Gasteiger partial charge in [0, 0.05) is 24.6 Å². The molecule has 1 aromatic carbocycles. The summed E-state index contributed by atoms with van der Waals surface area (Å²) in [5.41, 5.74) is 1.74. The van der Waals surface area contributed by atoms with Crippen LogP contribution < -0.4 is 0 Å². The summed E-state index contributed by atoms with van der Waals surface area (Å²) in [7, 11) is 0. The monoisotopic (exact) mass is 253 g/mol. The lowest BCUT2D eigenvalue weighted by Gasteiger charge is -2.31.